The van der Waals surface area contributed by atoms with Crippen LogP contribution in [0, 0.1) is 23.7 Å². The van der Waals surface area contributed by atoms with Crippen molar-refractivity contribution in [2.24, 2.45) is 35.1 Å². The Morgan fingerprint density at radius 2 is 1.68 bits per heavy atom. The molecule has 4 amide bonds. The Balaban J connectivity index is 2.81. The van der Waals surface area contributed by atoms with Crippen LogP contribution in [0.5, 0.6) is 5.75 Å². The molecule has 0 saturated heterocycles. The van der Waals surface area contributed by atoms with Crippen molar-refractivity contribution >= 4 is 17.8 Å². The first kappa shape index (κ1) is 35.3. The topological polar surface area (TPSA) is 157 Å². The van der Waals surface area contributed by atoms with Crippen LogP contribution in [0.4, 0.5) is 4.79 Å². The number of carbonyl (C=O) groups is 3. The lowest BCUT2D eigenvalue weighted by atomic mass is 9.83. The van der Waals surface area contributed by atoms with Gasteiger partial charge in [0.25, 0.3) is 5.91 Å². The summed E-state index contributed by atoms with van der Waals surface area (Å²) < 4.78 is 10.9. The van der Waals surface area contributed by atoms with E-state index in [1.54, 1.807) is 25.3 Å². The number of para-hydroxylation sites is 1. The molecule has 0 aliphatic heterocycles. The van der Waals surface area contributed by atoms with Crippen molar-refractivity contribution in [3.8, 4) is 5.75 Å². The number of hydrogen-bond donors (Lipinski definition) is 4. The van der Waals surface area contributed by atoms with Gasteiger partial charge < -0.3 is 31.4 Å². The summed E-state index contributed by atoms with van der Waals surface area (Å²) in [5.41, 5.74) is 12.3. The Labute approximate surface area is 240 Å². The van der Waals surface area contributed by atoms with Gasteiger partial charge in [0.1, 0.15) is 5.75 Å². The van der Waals surface area contributed by atoms with E-state index in [1.807, 2.05) is 40.7 Å². The number of nitrogens with zero attached hydrogens (tertiary/aromatic N) is 1. The van der Waals surface area contributed by atoms with Crippen LogP contribution in [0.25, 0.3) is 0 Å². The van der Waals surface area contributed by atoms with E-state index in [-0.39, 0.29) is 42.5 Å². The molecule has 1 aromatic rings. The van der Waals surface area contributed by atoms with Crippen molar-refractivity contribution in [3.05, 3.63) is 29.8 Å². The molecule has 0 aliphatic carbocycles. The zero-order valence-electron chi connectivity index (χ0n) is 25.2. The van der Waals surface area contributed by atoms with E-state index >= 15 is 0 Å². The summed E-state index contributed by atoms with van der Waals surface area (Å²) in [4.78, 5) is 39.0. The molecule has 0 aliphatic rings. The fourth-order valence-corrected chi connectivity index (χ4v) is 4.57. The number of unbranched alkanes of at least 4 members (excludes halogenated alkanes) is 1. The van der Waals surface area contributed by atoms with E-state index in [1.165, 1.54) is 0 Å². The summed E-state index contributed by atoms with van der Waals surface area (Å²) in [7, 11) is 1.66. The molecular weight excluding hydrogens is 512 g/mol. The third-order valence-electron chi connectivity index (χ3n) is 7.27. The predicted molar refractivity (Wildman–Crippen MR) is 157 cm³/mol. The normalized spacial score (nSPS) is 14.4. The second-order valence-corrected chi connectivity index (χ2v) is 11.1. The summed E-state index contributed by atoms with van der Waals surface area (Å²) >= 11 is 0. The maximum atomic E-state index is 13.1. The third-order valence-corrected chi connectivity index (χ3v) is 7.27. The number of carbonyl (C=O) groups excluding carboxylic acids is 3. The Morgan fingerprint density at radius 3 is 2.25 bits per heavy atom. The van der Waals surface area contributed by atoms with E-state index in [9.17, 15) is 19.5 Å². The van der Waals surface area contributed by atoms with Crippen molar-refractivity contribution in [1.82, 2.24) is 10.2 Å². The van der Waals surface area contributed by atoms with Gasteiger partial charge in [0.15, 0.2) is 0 Å². The van der Waals surface area contributed by atoms with Crippen LogP contribution in [0.1, 0.15) is 77.1 Å². The number of aliphatic hydroxyl groups is 1. The summed E-state index contributed by atoms with van der Waals surface area (Å²) in [6, 6.07) is 5.74. The van der Waals surface area contributed by atoms with E-state index in [0.29, 0.717) is 43.9 Å². The summed E-state index contributed by atoms with van der Waals surface area (Å²) in [6.07, 6.45) is 1.90. The second-order valence-electron chi connectivity index (χ2n) is 11.1. The quantitative estimate of drug-likeness (QED) is 0.187. The highest BCUT2D eigenvalue weighted by atomic mass is 16.5. The highest BCUT2D eigenvalue weighted by molar-refractivity contribution is 5.97. The monoisotopic (exact) mass is 564 g/mol. The summed E-state index contributed by atoms with van der Waals surface area (Å²) in [5.74, 6) is -0.626. The van der Waals surface area contributed by atoms with Crippen LogP contribution >= 0.6 is 0 Å². The SMILES string of the molecule is CCCN(C(N)=O)C(=O)C(CC(O)C(N)CC(CNC(=O)c1ccccc1OCCCCOC)C(C)C)C(C)C. The van der Waals surface area contributed by atoms with Gasteiger partial charge in [-0.3, -0.25) is 14.5 Å². The van der Waals surface area contributed by atoms with E-state index in [2.05, 4.69) is 5.32 Å². The molecule has 0 bridgehead atoms. The number of benzene rings is 1. The summed E-state index contributed by atoms with van der Waals surface area (Å²) in [6.45, 7) is 11.5. The molecule has 10 heteroatoms. The van der Waals surface area contributed by atoms with Gasteiger partial charge in [0.05, 0.1) is 18.3 Å². The van der Waals surface area contributed by atoms with Crippen LogP contribution in [-0.4, -0.2) is 73.4 Å². The average Bonchev–Trinajstić information content (AvgIpc) is 2.91. The highest BCUT2D eigenvalue weighted by Gasteiger charge is 2.33. The van der Waals surface area contributed by atoms with Gasteiger partial charge in [-0.15, -0.1) is 0 Å². The van der Waals surface area contributed by atoms with E-state index in [4.69, 9.17) is 20.9 Å². The smallest absolute Gasteiger partial charge is 0.321 e. The van der Waals surface area contributed by atoms with Crippen molar-refractivity contribution < 1.29 is 29.0 Å². The molecular formula is C30H52N4O6. The number of imide groups is 1. The van der Waals surface area contributed by atoms with Gasteiger partial charge in [-0.05, 0) is 62.0 Å². The number of hydrogen-bond acceptors (Lipinski definition) is 7. The largest absolute Gasteiger partial charge is 0.493 e. The minimum Gasteiger partial charge on any atom is -0.493 e. The minimum atomic E-state index is -0.961. The number of primary amides is 1. The lowest BCUT2D eigenvalue weighted by molar-refractivity contribution is -0.135. The van der Waals surface area contributed by atoms with E-state index < -0.39 is 24.1 Å². The molecule has 1 aromatic carbocycles. The molecule has 10 nitrogen and oxygen atoms in total. The lowest BCUT2D eigenvalue weighted by Gasteiger charge is -2.31. The summed E-state index contributed by atoms with van der Waals surface area (Å²) in [5, 5.41) is 14.0. The van der Waals surface area contributed by atoms with Gasteiger partial charge in [-0.1, -0.05) is 46.8 Å². The van der Waals surface area contributed by atoms with Crippen molar-refractivity contribution in [1.29, 1.82) is 0 Å². The maximum absolute atomic E-state index is 13.1. The molecule has 0 radical (unpaired) electrons. The standard InChI is InChI=1S/C30H52N4O6/c1-7-14-34(30(32)38)29(37)24(21(4)5)18-26(35)25(31)17-22(20(2)3)19-33-28(36)23-12-8-9-13-27(23)40-16-11-10-15-39-6/h8-9,12-13,20-22,24-26,35H,7,10-11,14-19,31H2,1-6H3,(H2,32,38)(H,33,36). The van der Waals surface area contributed by atoms with Gasteiger partial charge >= 0.3 is 6.03 Å². The van der Waals surface area contributed by atoms with Gasteiger partial charge in [0, 0.05) is 38.8 Å². The number of rotatable bonds is 19. The van der Waals surface area contributed by atoms with Gasteiger partial charge in [0.2, 0.25) is 5.91 Å². The fraction of sp³-hybridized carbons (Fsp3) is 0.700. The van der Waals surface area contributed by atoms with Crippen LogP contribution in [-0.2, 0) is 9.53 Å². The Morgan fingerprint density at radius 1 is 1.02 bits per heavy atom. The highest BCUT2D eigenvalue weighted by Crippen LogP contribution is 2.25. The first-order valence-corrected chi connectivity index (χ1v) is 14.5. The molecule has 1 rings (SSSR count). The maximum Gasteiger partial charge on any atom is 0.321 e. The van der Waals surface area contributed by atoms with Crippen molar-refractivity contribution in [2.75, 3.05) is 33.4 Å². The van der Waals surface area contributed by atoms with Gasteiger partial charge in [-0.25, -0.2) is 4.79 Å². The first-order chi connectivity index (χ1) is 18.9. The van der Waals surface area contributed by atoms with Crippen LogP contribution < -0.4 is 21.5 Å². The van der Waals surface area contributed by atoms with E-state index in [0.717, 1.165) is 17.7 Å². The molecule has 0 spiro atoms. The molecule has 0 fully saturated rings. The zero-order valence-corrected chi connectivity index (χ0v) is 25.2. The molecule has 0 saturated carbocycles. The minimum absolute atomic E-state index is 0.00821. The molecule has 4 unspecified atom stereocenters. The van der Waals surface area contributed by atoms with Crippen molar-refractivity contribution in [3.63, 3.8) is 0 Å². The number of aliphatic hydroxyl groups excluding tert-OH is 1. The van der Waals surface area contributed by atoms with Gasteiger partial charge in [-0.2, -0.15) is 0 Å². The number of nitrogens with two attached hydrogens (primary N) is 2. The third kappa shape index (κ3) is 11.8. The number of nitrogens with one attached hydrogen (secondary N) is 1. The predicted octanol–water partition coefficient (Wildman–Crippen LogP) is 3.55. The number of methoxy groups -OCH3 is 1. The Kier molecular flexibility index (Phi) is 16.4. The Hall–Kier alpha value is -2.69. The fourth-order valence-electron chi connectivity index (χ4n) is 4.57. The Bertz CT molecular complexity index is 910. The van der Waals surface area contributed by atoms with Crippen LogP contribution in [0.15, 0.2) is 24.3 Å². The lowest BCUT2D eigenvalue weighted by Crippen LogP contribution is -2.48. The molecule has 40 heavy (non-hydrogen) atoms. The number of ether oxygens (including phenoxy) is 2. The molecule has 4 atom stereocenters. The second kappa shape index (κ2) is 18.6. The first-order valence-electron chi connectivity index (χ1n) is 14.5. The average molecular weight is 565 g/mol. The molecule has 0 heterocycles. The number of amides is 4. The number of urea groups is 1. The molecule has 228 valence electrons. The van der Waals surface area contributed by atoms with Crippen LogP contribution in [0.3, 0.4) is 0 Å². The molecule has 0 aromatic heterocycles. The molecule has 6 N–H and O–H groups in total. The zero-order chi connectivity index (χ0) is 30.2. The van der Waals surface area contributed by atoms with Crippen molar-refractivity contribution in [2.45, 2.75) is 78.9 Å². The van der Waals surface area contributed by atoms with Crippen LogP contribution in [0.2, 0.25) is 0 Å².